The zero-order chi connectivity index (χ0) is 15.5. The van der Waals surface area contributed by atoms with E-state index in [9.17, 15) is 9.18 Å². The number of rotatable bonds is 6. The molecule has 4 nitrogen and oxygen atoms in total. The third-order valence-electron chi connectivity index (χ3n) is 3.01. The van der Waals surface area contributed by atoms with Gasteiger partial charge in [0.2, 0.25) is 5.91 Å². The van der Waals surface area contributed by atoms with Crippen molar-refractivity contribution in [1.82, 2.24) is 10.3 Å². The van der Waals surface area contributed by atoms with Crippen LogP contribution in [0, 0.1) is 5.82 Å². The highest BCUT2D eigenvalue weighted by Gasteiger charge is 2.20. The van der Waals surface area contributed by atoms with Gasteiger partial charge in [-0.2, -0.15) is 0 Å². The van der Waals surface area contributed by atoms with Crippen LogP contribution in [0.5, 0.6) is 0 Å². The number of nitrogens with zero attached hydrogens (tertiary/aromatic N) is 1. The molecule has 6 heteroatoms. The number of nitrogens with one attached hydrogen (secondary N) is 1. The first-order valence-electron chi connectivity index (χ1n) is 6.59. The van der Waals surface area contributed by atoms with Gasteiger partial charge in [-0.05, 0) is 38.1 Å². The Morgan fingerprint density at radius 1 is 1.38 bits per heavy atom. The molecule has 1 amide bonds. The lowest BCUT2D eigenvalue weighted by molar-refractivity contribution is -0.119. The fraction of sp³-hybridized carbons (Fsp3) is 0.333. The molecule has 0 atom stereocenters. The average Bonchev–Trinajstić information content (AvgIpc) is 2.85. The minimum atomic E-state index is -0.370. The molecule has 1 aromatic heterocycles. The van der Waals surface area contributed by atoms with E-state index in [0.717, 1.165) is 16.3 Å². The van der Waals surface area contributed by atoms with Gasteiger partial charge in [0.05, 0.1) is 5.69 Å². The lowest BCUT2D eigenvalue weighted by Gasteiger charge is -2.24. The highest BCUT2D eigenvalue weighted by Crippen LogP contribution is 2.24. The van der Waals surface area contributed by atoms with Crippen LogP contribution in [-0.4, -0.2) is 16.4 Å². The topological polar surface area (TPSA) is 68.0 Å². The molecule has 112 valence electrons. The van der Waals surface area contributed by atoms with Crippen molar-refractivity contribution in [2.45, 2.75) is 32.4 Å². The van der Waals surface area contributed by atoms with Crippen molar-refractivity contribution in [2.75, 3.05) is 0 Å². The summed E-state index contributed by atoms with van der Waals surface area (Å²) in [5.74, 6) is -0.594. The van der Waals surface area contributed by atoms with E-state index in [2.05, 4.69) is 10.3 Å². The van der Waals surface area contributed by atoms with Crippen LogP contribution in [0.3, 0.4) is 0 Å². The number of benzene rings is 1. The first-order chi connectivity index (χ1) is 9.85. The Labute approximate surface area is 127 Å². The molecule has 0 aliphatic carbocycles. The lowest BCUT2D eigenvalue weighted by Crippen LogP contribution is -2.42. The van der Waals surface area contributed by atoms with Crippen LogP contribution in [0.4, 0.5) is 4.39 Å². The van der Waals surface area contributed by atoms with Crippen molar-refractivity contribution in [3.05, 3.63) is 41.2 Å². The van der Waals surface area contributed by atoms with Gasteiger partial charge in [0.1, 0.15) is 10.8 Å². The summed E-state index contributed by atoms with van der Waals surface area (Å²) in [5.41, 5.74) is 6.63. The number of carbonyl (C=O) groups excluding carboxylic acids is 1. The van der Waals surface area contributed by atoms with Gasteiger partial charge < -0.3 is 11.1 Å². The van der Waals surface area contributed by atoms with Gasteiger partial charge >= 0.3 is 0 Å². The summed E-state index contributed by atoms with van der Waals surface area (Å²) < 4.78 is 12.9. The van der Waals surface area contributed by atoms with E-state index in [1.54, 1.807) is 12.1 Å². The second kappa shape index (κ2) is 6.32. The van der Waals surface area contributed by atoms with Crippen LogP contribution in [0.1, 0.15) is 26.0 Å². The molecule has 3 N–H and O–H groups in total. The number of amides is 1. The van der Waals surface area contributed by atoms with Crippen molar-refractivity contribution >= 4 is 17.2 Å². The molecule has 0 saturated carbocycles. The van der Waals surface area contributed by atoms with Crippen molar-refractivity contribution in [3.63, 3.8) is 0 Å². The normalized spacial score (nSPS) is 11.6. The molecule has 0 bridgehead atoms. The zero-order valence-corrected chi connectivity index (χ0v) is 12.8. The molecule has 21 heavy (non-hydrogen) atoms. The van der Waals surface area contributed by atoms with Crippen LogP contribution in [-0.2, 0) is 11.3 Å². The van der Waals surface area contributed by atoms with Gasteiger partial charge in [-0.3, -0.25) is 4.79 Å². The van der Waals surface area contributed by atoms with Crippen molar-refractivity contribution in [2.24, 2.45) is 5.73 Å². The smallest absolute Gasteiger partial charge is 0.219 e. The molecule has 0 unspecified atom stereocenters. The summed E-state index contributed by atoms with van der Waals surface area (Å²) in [5, 5.41) is 6.06. The van der Waals surface area contributed by atoms with E-state index < -0.39 is 0 Å². The van der Waals surface area contributed by atoms with E-state index in [-0.39, 0.29) is 23.7 Å². The monoisotopic (exact) mass is 307 g/mol. The summed E-state index contributed by atoms with van der Waals surface area (Å²) >= 11 is 1.51. The summed E-state index contributed by atoms with van der Waals surface area (Å²) in [6, 6.07) is 6.26. The number of aromatic nitrogens is 1. The molecule has 0 aliphatic rings. The molecule has 2 aromatic rings. The van der Waals surface area contributed by atoms with Crippen molar-refractivity contribution in [3.8, 4) is 10.6 Å². The maximum atomic E-state index is 12.9. The van der Waals surface area contributed by atoms with Gasteiger partial charge in [0, 0.05) is 29.4 Å². The molecule has 0 fully saturated rings. The fourth-order valence-electron chi connectivity index (χ4n) is 1.94. The lowest BCUT2D eigenvalue weighted by atomic mass is 10.0. The molecule has 1 aromatic carbocycles. The van der Waals surface area contributed by atoms with E-state index in [0.29, 0.717) is 6.54 Å². The quantitative estimate of drug-likeness (QED) is 0.862. The van der Waals surface area contributed by atoms with E-state index in [1.165, 1.54) is 23.5 Å². The van der Waals surface area contributed by atoms with Crippen LogP contribution in [0.2, 0.25) is 0 Å². The van der Waals surface area contributed by atoms with Crippen molar-refractivity contribution < 1.29 is 9.18 Å². The number of hydrogen-bond donors (Lipinski definition) is 2. The Hall–Kier alpha value is -1.79. The van der Waals surface area contributed by atoms with Crippen LogP contribution in [0.15, 0.2) is 29.6 Å². The number of nitrogens with two attached hydrogens (primary N) is 1. The molecule has 0 aliphatic heterocycles. The van der Waals surface area contributed by atoms with Gasteiger partial charge in [-0.15, -0.1) is 11.3 Å². The molecule has 1 heterocycles. The van der Waals surface area contributed by atoms with Crippen molar-refractivity contribution in [1.29, 1.82) is 0 Å². The minimum Gasteiger partial charge on any atom is -0.370 e. The maximum Gasteiger partial charge on any atom is 0.219 e. The number of carbonyl (C=O) groups is 1. The Bertz CT molecular complexity index is 622. The standard InChI is InChI=1S/C15H18FN3OS/c1-15(2,7-13(17)20)18-8-12-9-21-14(19-12)10-3-5-11(16)6-4-10/h3-6,9,18H,7-8H2,1-2H3,(H2,17,20). The molecule has 0 radical (unpaired) electrons. The van der Waals surface area contributed by atoms with E-state index in [4.69, 9.17) is 5.73 Å². The zero-order valence-electron chi connectivity index (χ0n) is 12.0. The number of hydrogen-bond acceptors (Lipinski definition) is 4. The second-order valence-electron chi connectivity index (χ2n) is 5.53. The Balaban J connectivity index is 2.00. The minimum absolute atomic E-state index is 0.259. The first kappa shape index (κ1) is 15.6. The van der Waals surface area contributed by atoms with Crippen LogP contribution in [0.25, 0.3) is 10.6 Å². The predicted octanol–water partition coefficient (Wildman–Crippen LogP) is 2.69. The number of thiazole rings is 1. The maximum absolute atomic E-state index is 12.9. The Morgan fingerprint density at radius 3 is 2.67 bits per heavy atom. The molecule has 0 saturated heterocycles. The van der Waals surface area contributed by atoms with Gasteiger partial charge in [0.15, 0.2) is 0 Å². The summed E-state index contributed by atoms with van der Waals surface area (Å²) in [6.45, 7) is 4.40. The molecule has 0 spiro atoms. The number of halogens is 1. The third-order valence-corrected chi connectivity index (χ3v) is 3.95. The van der Waals surface area contributed by atoms with E-state index in [1.807, 2.05) is 19.2 Å². The average molecular weight is 307 g/mol. The van der Waals surface area contributed by atoms with Gasteiger partial charge in [0.25, 0.3) is 0 Å². The van der Waals surface area contributed by atoms with Gasteiger partial charge in [-0.25, -0.2) is 9.37 Å². The second-order valence-corrected chi connectivity index (χ2v) is 6.39. The largest absolute Gasteiger partial charge is 0.370 e. The Kier molecular flexibility index (Phi) is 4.69. The summed E-state index contributed by atoms with van der Waals surface area (Å²) in [4.78, 5) is 15.5. The van der Waals surface area contributed by atoms with Crippen LogP contribution < -0.4 is 11.1 Å². The SMILES string of the molecule is CC(C)(CC(N)=O)NCc1csc(-c2ccc(F)cc2)n1. The summed E-state index contributed by atoms with van der Waals surface area (Å²) in [6.07, 6.45) is 0.266. The highest BCUT2D eigenvalue weighted by molar-refractivity contribution is 7.13. The van der Waals surface area contributed by atoms with E-state index >= 15 is 0 Å². The number of primary amides is 1. The molecule has 2 rings (SSSR count). The fourth-order valence-corrected chi connectivity index (χ4v) is 2.77. The molecular formula is C15H18FN3OS. The highest BCUT2D eigenvalue weighted by atomic mass is 32.1. The Morgan fingerprint density at radius 2 is 2.05 bits per heavy atom. The molecular weight excluding hydrogens is 289 g/mol. The third kappa shape index (κ3) is 4.61. The van der Waals surface area contributed by atoms with Crippen LogP contribution >= 0.6 is 11.3 Å². The predicted molar refractivity (Wildman–Crippen MR) is 82.2 cm³/mol. The van der Waals surface area contributed by atoms with Gasteiger partial charge in [-0.1, -0.05) is 0 Å². The first-order valence-corrected chi connectivity index (χ1v) is 7.47. The summed E-state index contributed by atoms with van der Waals surface area (Å²) in [7, 11) is 0.